The summed E-state index contributed by atoms with van der Waals surface area (Å²) >= 11 is 0. The van der Waals surface area contributed by atoms with E-state index in [-0.39, 0.29) is 30.2 Å². The lowest BCUT2D eigenvalue weighted by molar-refractivity contribution is -0.275. The number of ether oxygens (including phenoxy) is 2. The molecule has 0 saturated carbocycles. The average molecular weight is 471 g/mol. The van der Waals surface area contributed by atoms with Gasteiger partial charge in [0.15, 0.2) is 11.6 Å². The van der Waals surface area contributed by atoms with Gasteiger partial charge >= 0.3 is 6.36 Å². The van der Waals surface area contributed by atoms with Gasteiger partial charge in [0.1, 0.15) is 25.3 Å². The summed E-state index contributed by atoms with van der Waals surface area (Å²) in [5.74, 6) is -1.98. The van der Waals surface area contributed by atoms with Crippen LogP contribution in [0.4, 0.5) is 26.3 Å². The van der Waals surface area contributed by atoms with Crippen LogP contribution in [0.5, 0.6) is 5.75 Å². The maximum Gasteiger partial charge on any atom is 0.573 e. The predicted octanol–water partition coefficient (Wildman–Crippen LogP) is 5.34. The number of benzene rings is 1. The Balaban J connectivity index is 1.85. The summed E-state index contributed by atoms with van der Waals surface area (Å²) in [5, 5.41) is 0. The molecule has 1 aliphatic rings. The highest BCUT2D eigenvalue weighted by Crippen LogP contribution is 2.35. The molecule has 3 aromatic rings. The van der Waals surface area contributed by atoms with Crippen LogP contribution in [0.25, 0.3) is 22.6 Å². The van der Waals surface area contributed by atoms with Crippen molar-refractivity contribution < 1.29 is 35.8 Å². The molecule has 0 saturated heterocycles. The normalized spacial score (nSPS) is 16.4. The molecule has 0 bridgehead atoms. The lowest BCUT2D eigenvalue weighted by Gasteiger charge is -2.15. The Morgan fingerprint density at radius 1 is 1.12 bits per heavy atom. The molecule has 176 valence electrons. The van der Waals surface area contributed by atoms with Crippen molar-refractivity contribution >= 4 is 0 Å². The Morgan fingerprint density at radius 2 is 1.91 bits per heavy atom. The monoisotopic (exact) mass is 471 g/mol. The van der Waals surface area contributed by atoms with Crippen LogP contribution in [0, 0.1) is 12.7 Å². The Bertz CT molecular complexity index is 1160. The molecule has 0 unspecified atom stereocenters. The van der Waals surface area contributed by atoms with Gasteiger partial charge < -0.3 is 14.0 Å². The lowest BCUT2D eigenvalue weighted by Crippen LogP contribution is -2.21. The van der Waals surface area contributed by atoms with E-state index in [2.05, 4.69) is 14.7 Å². The van der Waals surface area contributed by atoms with Crippen molar-refractivity contribution in [1.29, 1.82) is 0 Å². The van der Waals surface area contributed by atoms with Crippen LogP contribution in [0.15, 0.2) is 30.3 Å². The minimum absolute atomic E-state index is 0.0661. The summed E-state index contributed by atoms with van der Waals surface area (Å²) in [6.45, 7) is 0.432. The molecule has 5 nitrogen and oxygen atoms in total. The van der Waals surface area contributed by atoms with Crippen molar-refractivity contribution in [3.63, 3.8) is 0 Å². The molecule has 0 spiro atoms. The van der Waals surface area contributed by atoms with Crippen LogP contribution in [-0.4, -0.2) is 40.3 Å². The highest BCUT2D eigenvalue weighted by atomic mass is 19.4. The van der Waals surface area contributed by atoms with Gasteiger partial charge in [0.05, 0.1) is 24.5 Å². The van der Waals surface area contributed by atoms with E-state index in [0.717, 1.165) is 12.1 Å². The van der Waals surface area contributed by atoms with Gasteiger partial charge in [0, 0.05) is 28.9 Å². The molecule has 33 heavy (non-hydrogen) atoms. The SMILES string of the molecule is Cc1cc(-c2nc(-c3ccc(OC(F)(F)F)c(F)c3)n3c2CCO[C@H](CF)C3)cc(CF)n1. The lowest BCUT2D eigenvalue weighted by atomic mass is 10.1. The molecule has 4 rings (SSSR count). The summed E-state index contributed by atoms with van der Waals surface area (Å²) in [4.78, 5) is 8.72. The number of aryl methyl sites for hydroxylation is 1. The third-order valence-corrected chi connectivity index (χ3v) is 5.16. The number of hydrogen-bond acceptors (Lipinski definition) is 4. The highest BCUT2D eigenvalue weighted by Gasteiger charge is 2.33. The van der Waals surface area contributed by atoms with E-state index in [9.17, 15) is 26.3 Å². The first kappa shape index (κ1) is 23.1. The van der Waals surface area contributed by atoms with Crippen LogP contribution < -0.4 is 4.74 Å². The molecule has 0 radical (unpaired) electrons. The van der Waals surface area contributed by atoms with Crippen molar-refractivity contribution in [2.45, 2.75) is 39.0 Å². The number of pyridine rings is 1. The van der Waals surface area contributed by atoms with E-state index in [4.69, 9.17) is 4.74 Å². The Morgan fingerprint density at radius 3 is 2.58 bits per heavy atom. The molecule has 1 aliphatic heterocycles. The zero-order valence-corrected chi connectivity index (χ0v) is 17.4. The van der Waals surface area contributed by atoms with Crippen LogP contribution >= 0.6 is 0 Å². The van der Waals surface area contributed by atoms with Gasteiger partial charge in [-0.05, 0) is 37.3 Å². The van der Waals surface area contributed by atoms with Gasteiger partial charge in [-0.3, -0.25) is 4.98 Å². The van der Waals surface area contributed by atoms with Gasteiger partial charge in [-0.2, -0.15) is 0 Å². The number of fused-ring (bicyclic) bond motifs is 1. The fourth-order valence-electron chi connectivity index (χ4n) is 3.85. The third-order valence-electron chi connectivity index (χ3n) is 5.16. The molecule has 11 heteroatoms. The number of imidazole rings is 1. The molecule has 0 aliphatic carbocycles. The van der Waals surface area contributed by atoms with Gasteiger partial charge in [0.2, 0.25) is 0 Å². The van der Waals surface area contributed by atoms with Gasteiger partial charge in [-0.25, -0.2) is 18.2 Å². The van der Waals surface area contributed by atoms with E-state index >= 15 is 0 Å². The number of rotatable bonds is 5. The Labute approximate surface area is 185 Å². The maximum absolute atomic E-state index is 14.4. The summed E-state index contributed by atoms with van der Waals surface area (Å²) < 4.78 is 89.5. The maximum atomic E-state index is 14.4. The van der Waals surface area contributed by atoms with Crippen LogP contribution in [-0.2, 0) is 24.4 Å². The quantitative estimate of drug-likeness (QED) is 0.472. The second-order valence-corrected chi connectivity index (χ2v) is 7.55. The highest BCUT2D eigenvalue weighted by molar-refractivity contribution is 5.69. The second kappa shape index (κ2) is 9.05. The molecule has 1 atom stereocenters. The van der Waals surface area contributed by atoms with Crippen LogP contribution in [0.1, 0.15) is 17.1 Å². The van der Waals surface area contributed by atoms with E-state index in [1.54, 1.807) is 23.6 Å². The molecule has 0 amide bonds. The minimum Gasteiger partial charge on any atom is -0.403 e. The molecule has 3 heterocycles. The predicted molar refractivity (Wildman–Crippen MR) is 107 cm³/mol. The van der Waals surface area contributed by atoms with Gasteiger partial charge in [-0.1, -0.05) is 0 Å². The van der Waals surface area contributed by atoms with Gasteiger partial charge in [0.25, 0.3) is 0 Å². The number of halogens is 6. The van der Waals surface area contributed by atoms with E-state index in [0.29, 0.717) is 29.1 Å². The fraction of sp³-hybridized carbons (Fsp3) is 0.364. The van der Waals surface area contributed by atoms with Crippen LogP contribution in [0.2, 0.25) is 0 Å². The van der Waals surface area contributed by atoms with Crippen molar-refractivity contribution in [2.75, 3.05) is 13.3 Å². The van der Waals surface area contributed by atoms with E-state index in [1.165, 1.54) is 6.07 Å². The first-order valence-corrected chi connectivity index (χ1v) is 10.0. The molecular formula is C22H19F6N3O2. The molecule has 2 aromatic heterocycles. The second-order valence-electron chi connectivity index (χ2n) is 7.55. The van der Waals surface area contributed by atoms with Crippen molar-refractivity contribution in [3.05, 3.63) is 53.2 Å². The summed E-state index contributed by atoms with van der Waals surface area (Å²) in [6.07, 6.45) is -5.47. The first-order valence-electron chi connectivity index (χ1n) is 10.0. The number of hydrogen-bond donors (Lipinski definition) is 0. The smallest absolute Gasteiger partial charge is 0.403 e. The Hall–Kier alpha value is -3.08. The first-order chi connectivity index (χ1) is 15.7. The average Bonchev–Trinajstić information content (AvgIpc) is 2.97. The zero-order valence-electron chi connectivity index (χ0n) is 17.4. The minimum atomic E-state index is -5.04. The molecular weight excluding hydrogens is 452 g/mol. The number of aromatic nitrogens is 3. The van der Waals surface area contributed by atoms with E-state index < -0.39 is 37.4 Å². The van der Waals surface area contributed by atoms with Crippen molar-refractivity contribution in [3.8, 4) is 28.4 Å². The Kier molecular flexibility index (Phi) is 6.33. The van der Waals surface area contributed by atoms with Crippen molar-refractivity contribution in [1.82, 2.24) is 14.5 Å². The number of nitrogens with zero attached hydrogens (tertiary/aromatic N) is 3. The summed E-state index contributed by atoms with van der Waals surface area (Å²) in [7, 11) is 0. The van der Waals surface area contributed by atoms with Crippen LogP contribution in [0.3, 0.4) is 0 Å². The largest absolute Gasteiger partial charge is 0.573 e. The molecule has 1 aromatic carbocycles. The molecule has 0 N–H and O–H groups in total. The van der Waals surface area contributed by atoms with Gasteiger partial charge in [-0.15, -0.1) is 13.2 Å². The van der Waals surface area contributed by atoms with E-state index in [1.807, 2.05) is 0 Å². The standard InChI is InChI=1S/C22H19F6N3O2/c1-12-6-14(7-15(9-23)29-12)20-18-4-5-32-16(10-24)11-31(18)21(30-20)13-2-3-19(17(25)8-13)33-22(26,27)28/h2-3,6-8,16H,4-5,9-11H2,1H3/t16-/m1/s1. The number of alkyl halides is 5. The summed E-state index contributed by atoms with van der Waals surface area (Å²) in [5.41, 5.74) is 2.64. The topological polar surface area (TPSA) is 49.2 Å². The van der Waals surface area contributed by atoms with Crippen molar-refractivity contribution in [2.24, 2.45) is 0 Å². The summed E-state index contributed by atoms with van der Waals surface area (Å²) in [6, 6.07) is 6.23. The third kappa shape index (κ3) is 4.97. The zero-order chi connectivity index (χ0) is 23.8. The fourth-order valence-corrected chi connectivity index (χ4v) is 3.85. The molecule has 0 fully saturated rings.